The second-order valence-corrected chi connectivity index (χ2v) is 8.94. The van der Waals surface area contributed by atoms with E-state index in [0.29, 0.717) is 19.7 Å². The van der Waals surface area contributed by atoms with E-state index in [1.165, 1.54) is 22.4 Å². The largest absolute Gasteiger partial charge is 0.492 e. The van der Waals surface area contributed by atoms with Crippen molar-refractivity contribution in [3.05, 3.63) is 57.0 Å². The van der Waals surface area contributed by atoms with Crippen molar-refractivity contribution in [2.24, 2.45) is 0 Å². The van der Waals surface area contributed by atoms with Crippen molar-refractivity contribution in [1.29, 1.82) is 0 Å². The maximum absolute atomic E-state index is 13.0. The monoisotopic (exact) mass is 425 g/mol. The van der Waals surface area contributed by atoms with Crippen LogP contribution in [-0.2, 0) is 24.2 Å². The molecule has 0 aliphatic heterocycles. The second-order valence-electron chi connectivity index (χ2n) is 7.86. The van der Waals surface area contributed by atoms with Crippen LogP contribution in [0.4, 0.5) is 0 Å². The molecule has 6 nitrogen and oxygen atoms in total. The molecule has 0 radical (unpaired) electrons. The van der Waals surface area contributed by atoms with E-state index in [1.807, 2.05) is 31.2 Å². The number of thiophene rings is 1. The molecule has 7 heteroatoms. The molecule has 0 spiro atoms. The van der Waals surface area contributed by atoms with Crippen LogP contribution in [0.1, 0.15) is 35.3 Å². The van der Waals surface area contributed by atoms with Crippen molar-refractivity contribution in [1.82, 2.24) is 14.5 Å². The third-order valence-electron chi connectivity index (χ3n) is 5.65. The number of aromatic nitrogens is 2. The Balaban J connectivity index is 1.34. The average molecular weight is 426 g/mol. The zero-order valence-electron chi connectivity index (χ0n) is 17.5. The minimum absolute atomic E-state index is 0.0122. The van der Waals surface area contributed by atoms with Gasteiger partial charge in [-0.2, -0.15) is 0 Å². The van der Waals surface area contributed by atoms with Gasteiger partial charge in [-0.3, -0.25) is 14.2 Å². The standard InChI is InChI=1S/C23H27N3O3S/c1-16-7-9-17(10-8-16)29-14-13-25(2)20(27)11-12-26-15-24-22-21(23(26)28)18-5-3-4-6-19(18)30-22/h7-10,15H,3-6,11-14H2,1-2H3. The number of nitrogens with zero attached hydrogens (tertiary/aromatic N) is 3. The van der Waals surface area contributed by atoms with E-state index >= 15 is 0 Å². The Morgan fingerprint density at radius 1 is 1.23 bits per heavy atom. The molecule has 1 aromatic carbocycles. The van der Waals surface area contributed by atoms with Gasteiger partial charge in [0.15, 0.2) is 0 Å². The van der Waals surface area contributed by atoms with E-state index in [9.17, 15) is 9.59 Å². The lowest BCUT2D eigenvalue weighted by molar-refractivity contribution is -0.130. The molecule has 0 atom stereocenters. The van der Waals surface area contributed by atoms with Crippen LogP contribution in [0.15, 0.2) is 35.4 Å². The zero-order chi connectivity index (χ0) is 21.1. The lowest BCUT2D eigenvalue weighted by Crippen LogP contribution is -2.32. The number of fused-ring (bicyclic) bond motifs is 3. The minimum atomic E-state index is -0.0162. The van der Waals surface area contributed by atoms with Gasteiger partial charge in [-0.05, 0) is 50.3 Å². The van der Waals surface area contributed by atoms with Gasteiger partial charge in [0, 0.05) is 24.9 Å². The predicted molar refractivity (Wildman–Crippen MR) is 119 cm³/mol. The van der Waals surface area contributed by atoms with Gasteiger partial charge in [-0.25, -0.2) is 4.98 Å². The highest BCUT2D eigenvalue weighted by atomic mass is 32.1. The molecule has 0 saturated carbocycles. The number of hydrogen-bond donors (Lipinski definition) is 0. The van der Waals surface area contributed by atoms with Crippen LogP contribution in [0.3, 0.4) is 0 Å². The van der Waals surface area contributed by atoms with Gasteiger partial charge in [0.2, 0.25) is 5.91 Å². The SMILES string of the molecule is Cc1ccc(OCCN(C)C(=O)CCn2cnc3sc4c(c3c2=O)CCCC4)cc1. The van der Waals surface area contributed by atoms with Crippen molar-refractivity contribution in [2.75, 3.05) is 20.2 Å². The van der Waals surface area contributed by atoms with Crippen molar-refractivity contribution in [2.45, 2.75) is 45.6 Å². The molecule has 2 heterocycles. The van der Waals surface area contributed by atoms with Gasteiger partial charge in [-0.15, -0.1) is 11.3 Å². The number of ether oxygens (including phenoxy) is 1. The average Bonchev–Trinajstić information content (AvgIpc) is 3.13. The topological polar surface area (TPSA) is 64.4 Å². The fourth-order valence-electron chi connectivity index (χ4n) is 3.81. The summed E-state index contributed by atoms with van der Waals surface area (Å²) in [6.45, 7) is 3.30. The Hall–Kier alpha value is -2.67. The highest BCUT2D eigenvalue weighted by Gasteiger charge is 2.20. The Labute approximate surface area is 180 Å². The fraction of sp³-hybridized carbons (Fsp3) is 0.435. The molecule has 158 valence electrons. The highest BCUT2D eigenvalue weighted by molar-refractivity contribution is 7.18. The number of likely N-dealkylation sites (N-methyl/N-ethyl adjacent to an activating group) is 1. The Kier molecular flexibility index (Phi) is 6.18. The molecule has 4 rings (SSSR count). The number of carbonyl (C=O) groups is 1. The number of hydrogen-bond acceptors (Lipinski definition) is 5. The zero-order valence-corrected chi connectivity index (χ0v) is 18.3. The van der Waals surface area contributed by atoms with Gasteiger partial charge in [0.25, 0.3) is 5.56 Å². The molecular formula is C23H27N3O3S. The molecule has 1 amide bonds. The third kappa shape index (κ3) is 4.41. The van der Waals surface area contributed by atoms with Crippen LogP contribution in [-0.4, -0.2) is 40.6 Å². The summed E-state index contributed by atoms with van der Waals surface area (Å²) >= 11 is 1.65. The number of aryl methyl sites for hydroxylation is 4. The molecule has 1 aliphatic rings. The van der Waals surface area contributed by atoms with Crippen molar-refractivity contribution in [3.63, 3.8) is 0 Å². The van der Waals surface area contributed by atoms with E-state index in [2.05, 4.69) is 4.98 Å². The molecule has 2 aromatic heterocycles. The smallest absolute Gasteiger partial charge is 0.262 e. The minimum Gasteiger partial charge on any atom is -0.492 e. The summed E-state index contributed by atoms with van der Waals surface area (Å²) in [5, 5.41) is 0.768. The summed E-state index contributed by atoms with van der Waals surface area (Å²) < 4.78 is 7.28. The fourth-order valence-corrected chi connectivity index (χ4v) is 5.03. The van der Waals surface area contributed by atoms with Gasteiger partial charge in [0.05, 0.1) is 18.3 Å². The van der Waals surface area contributed by atoms with E-state index in [4.69, 9.17) is 4.74 Å². The van der Waals surface area contributed by atoms with Gasteiger partial charge in [-0.1, -0.05) is 17.7 Å². The number of rotatable bonds is 7. The van der Waals surface area contributed by atoms with E-state index in [1.54, 1.807) is 34.2 Å². The lowest BCUT2D eigenvalue weighted by Gasteiger charge is -2.18. The maximum Gasteiger partial charge on any atom is 0.262 e. The van der Waals surface area contributed by atoms with Crippen LogP contribution in [0.2, 0.25) is 0 Å². The highest BCUT2D eigenvalue weighted by Crippen LogP contribution is 2.33. The maximum atomic E-state index is 13.0. The number of benzene rings is 1. The molecule has 0 fully saturated rings. The van der Waals surface area contributed by atoms with Crippen LogP contribution in [0, 0.1) is 6.92 Å². The molecule has 0 bridgehead atoms. The van der Waals surface area contributed by atoms with Crippen molar-refractivity contribution < 1.29 is 9.53 Å². The summed E-state index contributed by atoms with van der Waals surface area (Å²) in [4.78, 5) is 33.8. The summed E-state index contributed by atoms with van der Waals surface area (Å²) in [6.07, 6.45) is 6.16. The first kappa shape index (κ1) is 20.6. The number of amides is 1. The molecule has 30 heavy (non-hydrogen) atoms. The summed E-state index contributed by atoms with van der Waals surface area (Å²) in [7, 11) is 1.76. The lowest BCUT2D eigenvalue weighted by atomic mass is 9.97. The van der Waals surface area contributed by atoms with Crippen molar-refractivity contribution >= 4 is 27.5 Å². The van der Waals surface area contributed by atoms with E-state index < -0.39 is 0 Å². The normalized spacial score (nSPS) is 13.3. The van der Waals surface area contributed by atoms with Crippen LogP contribution < -0.4 is 10.3 Å². The Bertz CT molecular complexity index is 1100. The van der Waals surface area contributed by atoms with E-state index in [-0.39, 0.29) is 17.9 Å². The Morgan fingerprint density at radius 3 is 2.80 bits per heavy atom. The molecule has 0 saturated heterocycles. The van der Waals surface area contributed by atoms with Gasteiger partial charge < -0.3 is 9.64 Å². The quantitative estimate of drug-likeness (QED) is 0.581. The molecule has 0 unspecified atom stereocenters. The Morgan fingerprint density at radius 2 is 2.00 bits per heavy atom. The molecule has 0 N–H and O–H groups in total. The van der Waals surface area contributed by atoms with Crippen LogP contribution >= 0.6 is 11.3 Å². The predicted octanol–water partition coefficient (Wildman–Crippen LogP) is 3.57. The second kappa shape index (κ2) is 9.00. The van der Waals surface area contributed by atoms with Crippen molar-refractivity contribution in [3.8, 4) is 5.75 Å². The molecular weight excluding hydrogens is 398 g/mol. The first-order chi connectivity index (χ1) is 14.5. The van der Waals surface area contributed by atoms with Crippen LogP contribution in [0.5, 0.6) is 5.75 Å². The summed E-state index contributed by atoms with van der Waals surface area (Å²) in [5.74, 6) is 0.785. The van der Waals surface area contributed by atoms with Gasteiger partial charge in [0.1, 0.15) is 17.2 Å². The summed E-state index contributed by atoms with van der Waals surface area (Å²) in [6, 6.07) is 7.85. The van der Waals surface area contributed by atoms with Crippen LogP contribution in [0.25, 0.3) is 10.2 Å². The first-order valence-corrected chi connectivity index (χ1v) is 11.3. The van der Waals surface area contributed by atoms with Gasteiger partial charge >= 0.3 is 0 Å². The molecule has 1 aliphatic carbocycles. The summed E-state index contributed by atoms with van der Waals surface area (Å²) in [5.41, 5.74) is 2.35. The third-order valence-corrected chi connectivity index (χ3v) is 6.85. The first-order valence-electron chi connectivity index (χ1n) is 10.5. The van der Waals surface area contributed by atoms with E-state index in [0.717, 1.165) is 35.2 Å². The molecule has 3 aromatic rings. The number of carbonyl (C=O) groups excluding carboxylic acids is 1.